The lowest BCUT2D eigenvalue weighted by Gasteiger charge is -2.37. The Kier molecular flexibility index (Phi) is 4.64. The van der Waals surface area contributed by atoms with Gasteiger partial charge in [-0.3, -0.25) is 0 Å². The summed E-state index contributed by atoms with van der Waals surface area (Å²) in [7, 11) is 2.27. The summed E-state index contributed by atoms with van der Waals surface area (Å²) in [5.74, 6) is 0. The maximum absolute atomic E-state index is 9.13. The number of likely N-dealkylation sites (tertiary alicyclic amines) is 2. The Morgan fingerprint density at radius 2 is 1.94 bits per heavy atom. The first-order valence-electron chi connectivity index (χ1n) is 7.47. The van der Waals surface area contributed by atoms with Crippen molar-refractivity contribution in [3.63, 3.8) is 0 Å². The topological polar surface area (TPSA) is 30.3 Å². The summed E-state index contributed by atoms with van der Waals surface area (Å²) < 4.78 is 0. The summed E-state index contributed by atoms with van der Waals surface area (Å²) >= 11 is 0. The van der Waals surface area contributed by atoms with Crippen molar-refractivity contribution in [2.45, 2.75) is 51.5 Å². The van der Waals surface area contributed by atoms with Gasteiger partial charge in [0.1, 0.15) is 0 Å². The summed E-state index contributed by atoms with van der Waals surface area (Å²) in [6.45, 7) is 6.83. The third-order valence-electron chi connectivity index (χ3n) is 4.93. The van der Waals surface area contributed by atoms with Gasteiger partial charge < -0.3 is 9.80 Å². The van der Waals surface area contributed by atoms with E-state index in [0.717, 1.165) is 32.0 Å². The molecule has 18 heavy (non-hydrogen) atoms. The van der Waals surface area contributed by atoms with Gasteiger partial charge in [-0.15, -0.1) is 0 Å². The number of nitriles is 1. The average molecular weight is 249 g/mol. The molecule has 0 spiro atoms. The van der Waals surface area contributed by atoms with Gasteiger partial charge in [0.2, 0.25) is 0 Å². The molecule has 102 valence electrons. The first kappa shape index (κ1) is 13.8. The van der Waals surface area contributed by atoms with Gasteiger partial charge in [-0.25, -0.2) is 0 Å². The van der Waals surface area contributed by atoms with E-state index < -0.39 is 0 Å². The minimum atomic E-state index is -0.0574. The van der Waals surface area contributed by atoms with Crippen molar-refractivity contribution in [3.05, 3.63) is 0 Å². The second kappa shape index (κ2) is 6.04. The molecule has 0 aromatic carbocycles. The monoisotopic (exact) mass is 249 g/mol. The lowest BCUT2D eigenvalue weighted by Crippen LogP contribution is -2.42. The summed E-state index contributed by atoms with van der Waals surface area (Å²) in [6, 6.07) is 3.27. The Labute approximate surface area is 112 Å². The molecule has 2 rings (SSSR count). The number of hydrogen-bond donors (Lipinski definition) is 0. The van der Waals surface area contributed by atoms with Gasteiger partial charge in [0.15, 0.2) is 0 Å². The Balaban J connectivity index is 1.71. The zero-order valence-electron chi connectivity index (χ0n) is 12.0. The highest BCUT2D eigenvalue weighted by atomic mass is 15.2. The van der Waals surface area contributed by atoms with Gasteiger partial charge in [-0.1, -0.05) is 6.42 Å². The zero-order chi connectivity index (χ0) is 13.0. The average Bonchev–Trinajstić information content (AvgIpc) is 2.40. The molecule has 2 heterocycles. The maximum Gasteiger partial charge on any atom is 0.0687 e. The number of nitrogens with zero attached hydrogens (tertiary/aromatic N) is 3. The highest BCUT2D eigenvalue weighted by Gasteiger charge is 2.30. The fraction of sp³-hybridized carbons (Fsp3) is 0.933. The highest BCUT2D eigenvalue weighted by Crippen LogP contribution is 2.30. The maximum atomic E-state index is 9.13. The van der Waals surface area contributed by atoms with Crippen LogP contribution in [-0.4, -0.2) is 49.1 Å². The molecular formula is C15H27N3. The molecule has 2 aliphatic heterocycles. The van der Waals surface area contributed by atoms with Crippen molar-refractivity contribution >= 4 is 0 Å². The summed E-state index contributed by atoms with van der Waals surface area (Å²) in [5, 5.41) is 9.13. The third-order valence-corrected chi connectivity index (χ3v) is 4.93. The fourth-order valence-electron chi connectivity index (χ4n) is 3.22. The van der Waals surface area contributed by atoms with Crippen molar-refractivity contribution in [2.75, 3.05) is 33.2 Å². The van der Waals surface area contributed by atoms with Gasteiger partial charge in [0.25, 0.3) is 0 Å². The van der Waals surface area contributed by atoms with Gasteiger partial charge in [0.05, 0.1) is 11.5 Å². The van der Waals surface area contributed by atoms with Crippen molar-refractivity contribution in [1.82, 2.24) is 9.80 Å². The van der Waals surface area contributed by atoms with E-state index in [4.69, 9.17) is 5.26 Å². The van der Waals surface area contributed by atoms with E-state index in [1.807, 2.05) is 0 Å². The lowest BCUT2D eigenvalue weighted by atomic mass is 9.82. The zero-order valence-corrected chi connectivity index (χ0v) is 12.0. The van der Waals surface area contributed by atoms with Crippen LogP contribution in [0.15, 0.2) is 0 Å². The number of hydrogen-bond acceptors (Lipinski definition) is 3. The Bertz CT molecular complexity index is 299. The Hall–Kier alpha value is -0.590. The molecule has 0 aliphatic carbocycles. The van der Waals surface area contributed by atoms with E-state index in [1.54, 1.807) is 0 Å². The minimum absolute atomic E-state index is 0.0574. The molecule has 0 radical (unpaired) electrons. The van der Waals surface area contributed by atoms with Crippen LogP contribution in [-0.2, 0) is 0 Å². The van der Waals surface area contributed by atoms with Crippen LogP contribution < -0.4 is 0 Å². The molecule has 0 N–H and O–H groups in total. The summed E-state index contributed by atoms with van der Waals surface area (Å²) in [4.78, 5) is 5.09. The second-order valence-electron chi connectivity index (χ2n) is 6.43. The van der Waals surface area contributed by atoms with Gasteiger partial charge in [-0.2, -0.15) is 5.26 Å². The summed E-state index contributed by atoms with van der Waals surface area (Å²) in [6.07, 6.45) is 7.55. The van der Waals surface area contributed by atoms with E-state index in [9.17, 15) is 0 Å². The van der Waals surface area contributed by atoms with Crippen LogP contribution in [0.5, 0.6) is 0 Å². The highest BCUT2D eigenvalue weighted by molar-refractivity contribution is 4.98. The number of rotatable bonds is 3. The van der Waals surface area contributed by atoms with Gasteiger partial charge in [0, 0.05) is 6.04 Å². The molecule has 1 unspecified atom stereocenters. The quantitative estimate of drug-likeness (QED) is 0.770. The van der Waals surface area contributed by atoms with Crippen LogP contribution in [0.2, 0.25) is 0 Å². The van der Waals surface area contributed by atoms with E-state index in [2.05, 4.69) is 29.8 Å². The molecule has 1 atom stereocenters. The van der Waals surface area contributed by atoms with Crippen molar-refractivity contribution < 1.29 is 0 Å². The lowest BCUT2D eigenvalue weighted by molar-refractivity contribution is 0.122. The van der Waals surface area contributed by atoms with Crippen molar-refractivity contribution in [2.24, 2.45) is 5.41 Å². The van der Waals surface area contributed by atoms with Crippen LogP contribution >= 0.6 is 0 Å². The van der Waals surface area contributed by atoms with E-state index in [-0.39, 0.29) is 5.41 Å². The Morgan fingerprint density at radius 1 is 1.22 bits per heavy atom. The summed E-state index contributed by atoms with van der Waals surface area (Å²) in [5.41, 5.74) is -0.0574. The molecule has 2 saturated heterocycles. The first-order chi connectivity index (χ1) is 8.63. The second-order valence-corrected chi connectivity index (χ2v) is 6.43. The molecule has 0 aromatic heterocycles. The largest absolute Gasteiger partial charge is 0.303 e. The molecule has 3 heteroatoms. The smallest absolute Gasteiger partial charge is 0.0687 e. The molecule has 0 aromatic rings. The molecule has 2 aliphatic rings. The van der Waals surface area contributed by atoms with Gasteiger partial charge >= 0.3 is 0 Å². The Morgan fingerprint density at radius 3 is 2.56 bits per heavy atom. The van der Waals surface area contributed by atoms with E-state index in [0.29, 0.717) is 0 Å². The number of piperidine rings is 2. The van der Waals surface area contributed by atoms with Crippen molar-refractivity contribution in [3.8, 4) is 6.07 Å². The first-order valence-corrected chi connectivity index (χ1v) is 7.47. The van der Waals surface area contributed by atoms with Crippen molar-refractivity contribution in [1.29, 1.82) is 5.26 Å². The fourth-order valence-corrected chi connectivity index (χ4v) is 3.22. The normalized spacial score (nSPS) is 29.9. The van der Waals surface area contributed by atoms with E-state index >= 15 is 0 Å². The van der Waals surface area contributed by atoms with Crippen LogP contribution in [0.1, 0.15) is 45.4 Å². The molecular weight excluding hydrogens is 222 g/mol. The third kappa shape index (κ3) is 3.46. The van der Waals surface area contributed by atoms with Crippen LogP contribution in [0.3, 0.4) is 0 Å². The van der Waals surface area contributed by atoms with E-state index in [1.165, 1.54) is 38.8 Å². The van der Waals surface area contributed by atoms with Crippen LogP contribution in [0.25, 0.3) is 0 Å². The SMILES string of the molecule is CN1CCCCC1CCN1CCC(C)(C#N)CC1. The standard InChI is InChI=1S/C15H27N3/c1-15(13-16)7-11-18(12-8-15)10-6-14-5-3-4-9-17(14)2/h14H,3-12H2,1-2H3. The predicted molar refractivity (Wildman–Crippen MR) is 74.3 cm³/mol. The molecule has 3 nitrogen and oxygen atoms in total. The molecule has 0 saturated carbocycles. The molecule has 0 bridgehead atoms. The van der Waals surface area contributed by atoms with Crippen LogP contribution in [0, 0.1) is 16.7 Å². The molecule has 0 amide bonds. The van der Waals surface area contributed by atoms with Gasteiger partial charge in [-0.05, 0) is 72.3 Å². The minimum Gasteiger partial charge on any atom is -0.303 e. The molecule has 2 fully saturated rings. The predicted octanol–water partition coefficient (Wildman–Crippen LogP) is 2.49. The van der Waals surface area contributed by atoms with Crippen LogP contribution in [0.4, 0.5) is 0 Å².